The highest BCUT2D eigenvalue weighted by Gasteiger charge is 2.26. The van der Waals surface area contributed by atoms with E-state index < -0.39 is 15.8 Å². The lowest BCUT2D eigenvalue weighted by molar-refractivity contribution is 0.131. The number of ether oxygens (including phenoxy) is 2. The lowest BCUT2D eigenvalue weighted by Crippen LogP contribution is -2.41. The van der Waals surface area contributed by atoms with E-state index in [1.807, 2.05) is 0 Å². The van der Waals surface area contributed by atoms with Gasteiger partial charge in [-0.2, -0.15) is 0 Å². The highest BCUT2D eigenvalue weighted by Crippen LogP contribution is 2.34. The molecule has 0 aliphatic carbocycles. The molecule has 1 N–H and O–H groups in total. The Labute approximate surface area is 190 Å². The molecule has 170 valence electrons. The Balaban J connectivity index is 1.52. The minimum atomic E-state index is -3.19. The van der Waals surface area contributed by atoms with Gasteiger partial charge in [-0.05, 0) is 37.1 Å². The molecule has 8 nitrogen and oxygen atoms in total. The number of nitrogens with one attached hydrogen (secondary N) is 1. The molecule has 0 radical (unpaired) electrons. The summed E-state index contributed by atoms with van der Waals surface area (Å²) in [6.07, 6.45) is 3.93. The van der Waals surface area contributed by atoms with Gasteiger partial charge in [-0.3, -0.25) is 0 Å². The van der Waals surface area contributed by atoms with Crippen LogP contribution in [-0.2, 0) is 10.0 Å². The maximum atomic E-state index is 13.4. The SMILES string of the molecule is COc1cc2nc(Nc3ccc(F)c(Cl)c3)ncc2cc1OC1CCN(S(C)(=O)=O)CC1. The largest absolute Gasteiger partial charge is 0.493 e. The van der Waals surface area contributed by atoms with E-state index in [2.05, 4.69) is 15.3 Å². The summed E-state index contributed by atoms with van der Waals surface area (Å²) in [4.78, 5) is 8.79. The Morgan fingerprint density at radius 3 is 2.59 bits per heavy atom. The van der Waals surface area contributed by atoms with Crippen molar-refractivity contribution >= 4 is 44.2 Å². The number of nitrogens with zero attached hydrogens (tertiary/aromatic N) is 3. The fourth-order valence-electron chi connectivity index (χ4n) is 3.51. The Morgan fingerprint density at radius 2 is 1.94 bits per heavy atom. The van der Waals surface area contributed by atoms with Gasteiger partial charge in [0.15, 0.2) is 11.5 Å². The number of anilines is 2. The van der Waals surface area contributed by atoms with E-state index in [1.165, 1.54) is 22.7 Å². The van der Waals surface area contributed by atoms with Crippen molar-refractivity contribution in [1.29, 1.82) is 0 Å². The van der Waals surface area contributed by atoms with Crippen LogP contribution in [0.4, 0.5) is 16.0 Å². The first-order valence-corrected chi connectivity index (χ1v) is 12.1. The molecule has 1 aliphatic heterocycles. The third-order valence-corrected chi connectivity index (χ3v) is 6.80. The van der Waals surface area contributed by atoms with Gasteiger partial charge >= 0.3 is 0 Å². The highest BCUT2D eigenvalue weighted by molar-refractivity contribution is 7.88. The van der Waals surface area contributed by atoms with Crippen molar-refractivity contribution in [2.24, 2.45) is 0 Å². The average Bonchev–Trinajstić information content (AvgIpc) is 2.76. The maximum absolute atomic E-state index is 13.4. The molecule has 1 aliphatic rings. The number of fused-ring (bicyclic) bond motifs is 1. The third-order valence-electron chi connectivity index (χ3n) is 5.20. The zero-order chi connectivity index (χ0) is 22.9. The second-order valence-electron chi connectivity index (χ2n) is 7.49. The lowest BCUT2D eigenvalue weighted by atomic mass is 10.1. The predicted molar refractivity (Wildman–Crippen MR) is 121 cm³/mol. The molecular formula is C21H22ClFN4O4S. The zero-order valence-electron chi connectivity index (χ0n) is 17.5. The van der Waals surface area contributed by atoms with E-state index in [9.17, 15) is 12.8 Å². The number of piperidine rings is 1. The lowest BCUT2D eigenvalue weighted by Gasteiger charge is -2.30. The minimum absolute atomic E-state index is 0.00150. The van der Waals surface area contributed by atoms with Crippen LogP contribution in [0.25, 0.3) is 10.9 Å². The van der Waals surface area contributed by atoms with Gasteiger partial charge in [0.05, 0.1) is 23.9 Å². The minimum Gasteiger partial charge on any atom is -0.493 e. The first-order valence-electron chi connectivity index (χ1n) is 9.91. The van der Waals surface area contributed by atoms with E-state index in [0.29, 0.717) is 54.6 Å². The molecule has 0 amide bonds. The Morgan fingerprint density at radius 1 is 1.19 bits per heavy atom. The fraction of sp³-hybridized carbons (Fsp3) is 0.333. The topological polar surface area (TPSA) is 93.7 Å². The fourth-order valence-corrected chi connectivity index (χ4v) is 4.57. The van der Waals surface area contributed by atoms with Crippen LogP contribution in [0.1, 0.15) is 12.8 Å². The van der Waals surface area contributed by atoms with Gasteiger partial charge in [-0.1, -0.05) is 11.6 Å². The molecule has 0 unspecified atom stereocenters. The summed E-state index contributed by atoms with van der Waals surface area (Å²) in [5.74, 6) is 0.880. The number of hydrogen-bond acceptors (Lipinski definition) is 7. The molecule has 32 heavy (non-hydrogen) atoms. The molecular weight excluding hydrogens is 459 g/mol. The third kappa shape index (κ3) is 5.03. The average molecular weight is 481 g/mol. The molecule has 3 aromatic rings. The van der Waals surface area contributed by atoms with Crippen molar-refractivity contribution in [1.82, 2.24) is 14.3 Å². The summed E-state index contributed by atoms with van der Waals surface area (Å²) >= 11 is 5.82. The number of benzene rings is 2. The smallest absolute Gasteiger partial charge is 0.227 e. The van der Waals surface area contributed by atoms with E-state index >= 15 is 0 Å². The Bertz CT molecular complexity index is 1250. The number of rotatable bonds is 6. The molecule has 0 saturated carbocycles. The van der Waals surface area contributed by atoms with Crippen molar-refractivity contribution in [3.8, 4) is 11.5 Å². The molecule has 4 rings (SSSR count). The number of sulfonamides is 1. The first-order chi connectivity index (χ1) is 15.2. The quantitative estimate of drug-likeness (QED) is 0.570. The van der Waals surface area contributed by atoms with Crippen molar-refractivity contribution in [3.63, 3.8) is 0 Å². The molecule has 1 fully saturated rings. The monoisotopic (exact) mass is 480 g/mol. The molecule has 0 atom stereocenters. The number of hydrogen-bond donors (Lipinski definition) is 1. The van der Waals surface area contributed by atoms with Crippen LogP contribution in [0.5, 0.6) is 11.5 Å². The molecule has 11 heteroatoms. The second-order valence-corrected chi connectivity index (χ2v) is 9.88. The molecule has 1 saturated heterocycles. The predicted octanol–water partition coefficient (Wildman–Crippen LogP) is 3.98. The summed E-state index contributed by atoms with van der Waals surface area (Å²) in [7, 11) is -1.65. The van der Waals surface area contributed by atoms with Gasteiger partial charge < -0.3 is 14.8 Å². The van der Waals surface area contributed by atoms with Gasteiger partial charge in [0, 0.05) is 36.4 Å². The van der Waals surface area contributed by atoms with Gasteiger partial charge in [-0.15, -0.1) is 0 Å². The van der Waals surface area contributed by atoms with Gasteiger partial charge in [-0.25, -0.2) is 27.1 Å². The molecule has 0 spiro atoms. The summed E-state index contributed by atoms with van der Waals surface area (Å²) in [5.41, 5.74) is 1.19. The van der Waals surface area contributed by atoms with Crippen molar-refractivity contribution in [3.05, 3.63) is 47.4 Å². The van der Waals surface area contributed by atoms with Crippen LogP contribution in [-0.4, -0.2) is 55.3 Å². The van der Waals surface area contributed by atoms with Gasteiger partial charge in [0.2, 0.25) is 16.0 Å². The number of methoxy groups -OCH3 is 1. The Hall–Kier alpha value is -2.69. The Kier molecular flexibility index (Phi) is 6.36. The van der Waals surface area contributed by atoms with Crippen LogP contribution in [0.2, 0.25) is 5.02 Å². The van der Waals surface area contributed by atoms with Crippen LogP contribution in [0, 0.1) is 5.82 Å². The van der Waals surface area contributed by atoms with E-state index in [1.54, 1.807) is 31.5 Å². The summed E-state index contributed by atoms with van der Waals surface area (Å²) in [5, 5.41) is 3.75. The normalized spacial score (nSPS) is 15.6. The van der Waals surface area contributed by atoms with E-state index in [-0.39, 0.29) is 11.1 Å². The maximum Gasteiger partial charge on any atom is 0.227 e. The molecule has 0 bridgehead atoms. The standard InChI is InChI=1S/C21H22ClFN4O4S/c1-30-19-11-18-13(9-20(19)31-15-5-7-27(8-6-15)32(2,28)29)12-24-21(26-18)25-14-3-4-17(23)16(22)10-14/h3-4,9-12,15H,5-8H2,1-2H3,(H,24,25,26). The highest BCUT2D eigenvalue weighted by atomic mass is 35.5. The van der Waals surface area contributed by atoms with Crippen molar-refractivity contribution in [2.75, 3.05) is 31.8 Å². The molecule has 2 heterocycles. The van der Waals surface area contributed by atoms with E-state index in [0.717, 1.165) is 5.39 Å². The summed E-state index contributed by atoms with van der Waals surface area (Å²) in [6.45, 7) is 0.843. The number of halogens is 2. The van der Waals surface area contributed by atoms with Crippen LogP contribution in [0.15, 0.2) is 36.5 Å². The van der Waals surface area contributed by atoms with Crippen LogP contribution in [0.3, 0.4) is 0 Å². The summed E-state index contributed by atoms with van der Waals surface area (Å²) in [6, 6.07) is 7.81. The number of aromatic nitrogens is 2. The van der Waals surface area contributed by atoms with Crippen molar-refractivity contribution < 1.29 is 22.3 Å². The van der Waals surface area contributed by atoms with Crippen LogP contribution >= 0.6 is 11.6 Å². The molecule has 2 aromatic carbocycles. The summed E-state index contributed by atoms with van der Waals surface area (Å²) < 4.78 is 49.8. The van der Waals surface area contributed by atoms with Crippen molar-refractivity contribution in [2.45, 2.75) is 18.9 Å². The van der Waals surface area contributed by atoms with Gasteiger partial charge in [0.1, 0.15) is 11.9 Å². The van der Waals surface area contributed by atoms with Gasteiger partial charge in [0.25, 0.3) is 0 Å². The molecule has 1 aromatic heterocycles. The zero-order valence-corrected chi connectivity index (χ0v) is 19.1. The first kappa shape index (κ1) is 22.5. The van der Waals surface area contributed by atoms with E-state index in [4.69, 9.17) is 21.1 Å². The van der Waals surface area contributed by atoms with Crippen LogP contribution < -0.4 is 14.8 Å². The second kappa shape index (κ2) is 9.05.